The number of benzene rings is 2. The normalized spacial score (nSPS) is 11.4. The minimum absolute atomic E-state index is 0.855. The second kappa shape index (κ2) is 9.47. The van der Waals surface area contributed by atoms with Crippen molar-refractivity contribution in [2.45, 2.75) is 0 Å². The molecule has 8 rings (SSSR count). The van der Waals surface area contributed by atoms with Gasteiger partial charge < -0.3 is 0 Å². The van der Waals surface area contributed by atoms with Crippen molar-refractivity contribution in [3.63, 3.8) is 0 Å². The molecule has 0 saturated carbocycles. The van der Waals surface area contributed by atoms with Gasteiger partial charge in [0.15, 0.2) is 0 Å². The summed E-state index contributed by atoms with van der Waals surface area (Å²) in [7, 11) is 0. The van der Waals surface area contributed by atoms with Crippen LogP contribution in [-0.4, -0.2) is 29.3 Å². The molecule has 8 aromatic rings. The lowest BCUT2D eigenvalue weighted by molar-refractivity contribution is 1.22. The van der Waals surface area contributed by atoms with Gasteiger partial charge in [0.25, 0.3) is 0 Å². The number of para-hydroxylation sites is 1. The monoisotopic (exact) mass is 526 g/mol. The van der Waals surface area contributed by atoms with Crippen LogP contribution in [0, 0.1) is 0 Å². The number of imidazole rings is 1. The lowest BCUT2D eigenvalue weighted by atomic mass is 9.98. The molecule has 6 nitrogen and oxygen atoms in total. The van der Waals surface area contributed by atoms with Gasteiger partial charge in [-0.3, -0.25) is 14.4 Å². The molecule has 0 saturated heterocycles. The summed E-state index contributed by atoms with van der Waals surface area (Å²) in [6, 6.07) is 35.0. The van der Waals surface area contributed by atoms with Gasteiger partial charge in [-0.2, -0.15) is 0 Å². The lowest BCUT2D eigenvalue weighted by Crippen LogP contribution is -1.94. The quantitative estimate of drug-likeness (QED) is 0.233. The first-order chi connectivity index (χ1) is 20.3. The minimum Gasteiger partial charge on any atom is -0.298 e. The first-order valence-electron chi connectivity index (χ1n) is 13.4. The molecule has 6 heteroatoms. The predicted molar refractivity (Wildman–Crippen MR) is 163 cm³/mol. The van der Waals surface area contributed by atoms with Gasteiger partial charge in [-0.05, 0) is 71.8 Å². The van der Waals surface area contributed by atoms with Crippen LogP contribution in [0.5, 0.6) is 0 Å². The van der Waals surface area contributed by atoms with Gasteiger partial charge in [0.1, 0.15) is 11.2 Å². The topological polar surface area (TPSA) is 68.9 Å². The van der Waals surface area contributed by atoms with Crippen molar-refractivity contribution in [2.75, 3.05) is 0 Å². The van der Waals surface area contributed by atoms with Crippen LogP contribution in [0.1, 0.15) is 0 Å². The molecule has 0 amide bonds. The van der Waals surface area contributed by atoms with Gasteiger partial charge >= 0.3 is 0 Å². The van der Waals surface area contributed by atoms with Crippen molar-refractivity contribution in [1.82, 2.24) is 29.3 Å². The van der Waals surface area contributed by atoms with E-state index in [1.54, 1.807) is 12.4 Å². The fourth-order valence-corrected chi connectivity index (χ4v) is 5.42. The van der Waals surface area contributed by atoms with E-state index in [1.165, 1.54) is 0 Å². The highest BCUT2D eigenvalue weighted by atomic mass is 15.0. The summed E-state index contributed by atoms with van der Waals surface area (Å²) in [6.07, 6.45) is 9.29. The molecule has 0 fully saturated rings. The Kier molecular flexibility index (Phi) is 5.35. The Bertz CT molecular complexity index is 2150. The van der Waals surface area contributed by atoms with Gasteiger partial charge in [-0.1, -0.05) is 42.5 Å². The number of rotatable bonds is 4. The zero-order valence-corrected chi connectivity index (χ0v) is 21.9. The Morgan fingerprint density at radius 3 is 1.98 bits per heavy atom. The van der Waals surface area contributed by atoms with Crippen molar-refractivity contribution >= 4 is 27.6 Å². The van der Waals surface area contributed by atoms with E-state index in [9.17, 15) is 0 Å². The van der Waals surface area contributed by atoms with Crippen LogP contribution in [0.4, 0.5) is 0 Å². The minimum atomic E-state index is 0.855. The molecule has 6 aromatic heterocycles. The van der Waals surface area contributed by atoms with Crippen molar-refractivity contribution in [3.05, 3.63) is 134 Å². The maximum Gasteiger partial charge on any atom is 0.137 e. The van der Waals surface area contributed by atoms with E-state index < -0.39 is 0 Å². The van der Waals surface area contributed by atoms with Gasteiger partial charge in [-0.25, -0.2) is 15.0 Å². The number of nitrogens with zero attached hydrogens (tertiary/aromatic N) is 6. The van der Waals surface area contributed by atoms with E-state index in [-0.39, 0.29) is 0 Å². The molecule has 41 heavy (non-hydrogen) atoms. The highest BCUT2D eigenvalue weighted by Crippen LogP contribution is 2.36. The molecule has 2 aromatic carbocycles. The van der Waals surface area contributed by atoms with E-state index in [0.29, 0.717) is 0 Å². The number of hydrogen-bond donors (Lipinski definition) is 0. The SMILES string of the molecule is c1cncc(-c2cc(-c3cccc(-c4nc5ccccc5c5nc6ccccn6c45)c3)cc(-c3cccnc3)n2)c1. The van der Waals surface area contributed by atoms with Crippen LogP contribution >= 0.6 is 0 Å². The first-order valence-corrected chi connectivity index (χ1v) is 13.4. The standard InChI is InChI=1S/C35H22N6/c1-2-13-29-28(12-1)34-35(41-17-4-3-14-32(41)40-34)33(39-29)24-9-5-8-23(18-24)27-19-30(25-10-6-15-36-21-25)38-31(20-27)26-11-7-16-37-22-26/h1-22H. The van der Waals surface area contributed by atoms with Gasteiger partial charge in [0, 0.05) is 53.1 Å². The fraction of sp³-hybridized carbons (Fsp3) is 0. The van der Waals surface area contributed by atoms with E-state index in [2.05, 4.69) is 69.1 Å². The summed E-state index contributed by atoms with van der Waals surface area (Å²) >= 11 is 0. The first kappa shape index (κ1) is 23.2. The third-order valence-corrected chi connectivity index (χ3v) is 7.35. The molecule has 0 aliphatic carbocycles. The molecule has 6 heterocycles. The number of fused-ring (bicyclic) bond motifs is 5. The fourth-order valence-electron chi connectivity index (χ4n) is 5.42. The number of hydrogen-bond acceptors (Lipinski definition) is 5. The summed E-state index contributed by atoms with van der Waals surface area (Å²) in [5, 5.41) is 1.04. The van der Waals surface area contributed by atoms with Crippen molar-refractivity contribution in [1.29, 1.82) is 0 Å². The van der Waals surface area contributed by atoms with Crippen molar-refractivity contribution in [2.24, 2.45) is 0 Å². The van der Waals surface area contributed by atoms with Crippen LogP contribution < -0.4 is 0 Å². The summed E-state index contributed by atoms with van der Waals surface area (Å²) in [5.74, 6) is 0. The molecule has 0 bridgehead atoms. The van der Waals surface area contributed by atoms with Crippen molar-refractivity contribution < 1.29 is 0 Å². The summed E-state index contributed by atoms with van der Waals surface area (Å²) in [6.45, 7) is 0. The highest BCUT2D eigenvalue weighted by molar-refractivity contribution is 6.09. The average Bonchev–Trinajstić information content (AvgIpc) is 3.45. The van der Waals surface area contributed by atoms with Crippen LogP contribution in [0.3, 0.4) is 0 Å². The molecule has 0 aliphatic rings. The highest BCUT2D eigenvalue weighted by Gasteiger charge is 2.17. The Morgan fingerprint density at radius 2 is 1.22 bits per heavy atom. The Labute approximate surface area is 235 Å². The summed E-state index contributed by atoms with van der Waals surface area (Å²) in [4.78, 5) is 23.8. The van der Waals surface area contributed by atoms with Gasteiger partial charge in [-0.15, -0.1) is 0 Å². The van der Waals surface area contributed by atoms with Gasteiger partial charge in [0.2, 0.25) is 0 Å². The molecular weight excluding hydrogens is 504 g/mol. The van der Waals surface area contributed by atoms with E-state index in [1.807, 2.05) is 67.0 Å². The Morgan fingerprint density at radius 1 is 0.512 bits per heavy atom. The zero-order valence-electron chi connectivity index (χ0n) is 21.9. The Balaban J connectivity index is 1.36. The largest absolute Gasteiger partial charge is 0.298 e. The molecule has 192 valence electrons. The summed E-state index contributed by atoms with van der Waals surface area (Å²) < 4.78 is 2.13. The van der Waals surface area contributed by atoms with Crippen LogP contribution in [-0.2, 0) is 0 Å². The zero-order chi connectivity index (χ0) is 27.2. The van der Waals surface area contributed by atoms with E-state index >= 15 is 0 Å². The molecular formula is C35H22N6. The van der Waals surface area contributed by atoms with Crippen LogP contribution in [0.25, 0.3) is 72.5 Å². The second-order valence-corrected chi connectivity index (χ2v) is 9.91. The van der Waals surface area contributed by atoms with Crippen LogP contribution in [0.15, 0.2) is 134 Å². The molecule has 0 N–H and O–H groups in total. The predicted octanol–water partition coefficient (Wildman–Crippen LogP) is 7.89. The number of aromatic nitrogens is 6. The molecule has 0 atom stereocenters. The van der Waals surface area contributed by atoms with E-state index in [0.717, 1.165) is 72.5 Å². The van der Waals surface area contributed by atoms with E-state index in [4.69, 9.17) is 15.0 Å². The molecule has 0 spiro atoms. The average molecular weight is 527 g/mol. The summed E-state index contributed by atoms with van der Waals surface area (Å²) in [5.41, 5.74) is 11.4. The lowest BCUT2D eigenvalue weighted by Gasteiger charge is -2.12. The maximum absolute atomic E-state index is 5.17. The third-order valence-electron chi connectivity index (χ3n) is 7.35. The smallest absolute Gasteiger partial charge is 0.137 e. The second-order valence-electron chi connectivity index (χ2n) is 9.91. The van der Waals surface area contributed by atoms with Crippen molar-refractivity contribution in [3.8, 4) is 44.9 Å². The number of pyridine rings is 5. The third kappa shape index (κ3) is 4.01. The Hall–Kier alpha value is -5.75. The molecule has 0 unspecified atom stereocenters. The maximum atomic E-state index is 5.17. The molecule has 0 aliphatic heterocycles. The molecule has 0 radical (unpaired) electrons. The van der Waals surface area contributed by atoms with Crippen LogP contribution in [0.2, 0.25) is 0 Å². The van der Waals surface area contributed by atoms with Gasteiger partial charge in [0.05, 0.1) is 28.1 Å².